The molecule has 2 aliphatic carbocycles. The lowest BCUT2D eigenvalue weighted by Gasteiger charge is -2.16. The smallest absolute Gasteiger partial charge is 0.310 e. The average Bonchev–Trinajstić information content (AvgIpc) is 3.16. The van der Waals surface area contributed by atoms with E-state index in [1.54, 1.807) is 6.07 Å². The second-order valence-electron chi connectivity index (χ2n) is 5.82. The summed E-state index contributed by atoms with van der Waals surface area (Å²) in [6, 6.07) is 5.81. The van der Waals surface area contributed by atoms with E-state index in [2.05, 4.69) is 11.4 Å². The Labute approximate surface area is 132 Å². The molecule has 3 rings (SSSR count). The highest BCUT2D eigenvalue weighted by molar-refractivity contribution is 5.94. The summed E-state index contributed by atoms with van der Waals surface area (Å²) in [5.74, 6) is -0.487. The van der Waals surface area contributed by atoms with E-state index in [-0.39, 0.29) is 29.2 Å². The molecule has 2 aliphatic rings. The Hall–Kier alpha value is -2.70. The topological polar surface area (TPSA) is 98.5 Å². The number of nitro benzene ring substituents is 1. The van der Waals surface area contributed by atoms with Crippen LogP contribution in [0.5, 0.6) is 0 Å². The summed E-state index contributed by atoms with van der Waals surface area (Å²) in [5.41, 5.74) is -0.119. The Bertz CT molecular complexity index is 685. The standard InChI is InChI=1S/C16H16N2O5/c19-15(17-13-3-1-2-4-14(13)18(21)22)9-23-16(20)12-8-10-5-6-11(12)7-10/h1-6,10-12H,7-9H2,(H,17,19)/t10-,11-,12-/m0/s1. The fraction of sp³-hybridized carbons (Fsp3) is 0.375. The number of nitrogens with zero attached hydrogens (tertiary/aromatic N) is 1. The minimum absolute atomic E-state index is 0.0846. The molecular weight excluding hydrogens is 300 g/mol. The maximum atomic E-state index is 12.0. The van der Waals surface area contributed by atoms with Crippen LogP contribution in [0.3, 0.4) is 0 Å². The van der Waals surface area contributed by atoms with Gasteiger partial charge in [0.05, 0.1) is 10.8 Å². The minimum Gasteiger partial charge on any atom is -0.455 e. The maximum absolute atomic E-state index is 12.0. The molecule has 7 heteroatoms. The molecule has 1 aromatic rings. The van der Waals surface area contributed by atoms with Crippen molar-refractivity contribution in [3.8, 4) is 0 Å². The number of allylic oxidation sites excluding steroid dienone is 2. The van der Waals surface area contributed by atoms with Gasteiger partial charge >= 0.3 is 5.97 Å². The molecule has 1 fully saturated rings. The third-order valence-electron chi connectivity index (χ3n) is 4.30. The predicted octanol–water partition coefficient (Wildman–Crippen LogP) is 2.29. The van der Waals surface area contributed by atoms with Crippen LogP contribution in [0.4, 0.5) is 11.4 Å². The molecule has 1 saturated carbocycles. The first-order valence-corrected chi connectivity index (χ1v) is 7.43. The van der Waals surface area contributed by atoms with E-state index < -0.39 is 17.4 Å². The number of para-hydroxylation sites is 2. The number of amides is 1. The number of carbonyl (C=O) groups is 2. The lowest BCUT2D eigenvalue weighted by Crippen LogP contribution is -2.26. The number of carbonyl (C=O) groups excluding carboxylic acids is 2. The van der Waals surface area contributed by atoms with Gasteiger partial charge in [-0.3, -0.25) is 19.7 Å². The highest BCUT2D eigenvalue weighted by atomic mass is 16.6. The van der Waals surface area contributed by atoms with Gasteiger partial charge in [-0.15, -0.1) is 0 Å². The van der Waals surface area contributed by atoms with Crippen LogP contribution in [0.15, 0.2) is 36.4 Å². The van der Waals surface area contributed by atoms with Crippen LogP contribution in [0.25, 0.3) is 0 Å². The number of hydrogen-bond donors (Lipinski definition) is 1. The van der Waals surface area contributed by atoms with Crippen LogP contribution in [-0.2, 0) is 14.3 Å². The average molecular weight is 316 g/mol. The first-order valence-electron chi connectivity index (χ1n) is 7.43. The van der Waals surface area contributed by atoms with E-state index in [1.807, 2.05) is 6.08 Å². The van der Waals surface area contributed by atoms with Gasteiger partial charge in [0.1, 0.15) is 5.69 Å². The van der Waals surface area contributed by atoms with Crippen molar-refractivity contribution in [2.75, 3.05) is 11.9 Å². The van der Waals surface area contributed by atoms with Gasteiger partial charge in [0.2, 0.25) is 0 Å². The fourth-order valence-corrected chi connectivity index (χ4v) is 3.22. The summed E-state index contributed by atoms with van der Waals surface area (Å²) in [6.45, 7) is -0.442. The van der Waals surface area contributed by atoms with Crippen molar-refractivity contribution < 1.29 is 19.2 Å². The van der Waals surface area contributed by atoms with Gasteiger partial charge in [-0.2, -0.15) is 0 Å². The molecule has 2 bridgehead atoms. The first-order chi connectivity index (χ1) is 11.0. The van der Waals surface area contributed by atoms with Gasteiger partial charge < -0.3 is 10.1 Å². The van der Waals surface area contributed by atoms with Crippen molar-refractivity contribution in [2.24, 2.45) is 17.8 Å². The maximum Gasteiger partial charge on any atom is 0.310 e. The molecule has 0 saturated heterocycles. The quantitative estimate of drug-likeness (QED) is 0.389. The van der Waals surface area contributed by atoms with Crippen molar-refractivity contribution >= 4 is 23.3 Å². The molecular formula is C16H16N2O5. The Kier molecular flexibility index (Phi) is 4.10. The molecule has 1 aromatic carbocycles. The van der Waals surface area contributed by atoms with Crippen LogP contribution < -0.4 is 5.32 Å². The van der Waals surface area contributed by atoms with E-state index in [4.69, 9.17) is 4.74 Å². The minimum atomic E-state index is -0.591. The van der Waals surface area contributed by atoms with Gasteiger partial charge in [0.15, 0.2) is 6.61 Å². The SMILES string of the molecule is O=C(COC(=O)[C@H]1C[C@H]2C=C[C@H]1C2)Nc1ccccc1[N+](=O)[O-]. The number of nitrogens with one attached hydrogen (secondary N) is 1. The highest BCUT2D eigenvalue weighted by Crippen LogP contribution is 2.43. The molecule has 23 heavy (non-hydrogen) atoms. The first kappa shape index (κ1) is 15.2. The largest absolute Gasteiger partial charge is 0.455 e. The molecule has 0 heterocycles. The number of hydrogen-bond acceptors (Lipinski definition) is 5. The molecule has 0 aliphatic heterocycles. The summed E-state index contributed by atoms with van der Waals surface area (Å²) in [6.07, 6.45) is 5.90. The number of ether oxygens (including phenoxy) is 1. The number of fused-ring (bicyclic) bond motifs is 2. The van der Waals surface area contributed by atoms with Crippen molar-refractivity contribution in [3.05, 3.63) is 46.5 Å². The Morgan fingerprint density at radius 2 is 2.04 bits per heavy atom. The Morgan fingerprint density at radius 1 is 1.26 bits per heavy atom. The summed E-state index contributed by atoms with van der Waals surface area (Å²) in [4.78, 5) is 34.2. The normalized spacial score (nSPS) is 24.4. The molecule has 0 aromatic heterocycles. The number of anilines is 1. The molecule has 1 N–H and O–H groups in total. The zero-order chi connectivity index (χ0) is 16.4. The number of nitro groups is 1. The Balaban J connectivity index is 1.53. The summed E-state index contributed by atoms with van der Waals surface area (Å²) >= 11 is 0. The van der Waals surface area contributed by atoms with Crippen LogP contribution in [0.2, 0.25) is 0 Å². The molecule has 0 spiro atoms. The van der Waals surface area contributed by atoms with E-state index in [0.29, 0.717) is 5.92 Å². The highest BCUT2D eigenvalue weighted by Gasteiger charge is 2.40. The zero-order valence-electron chi connectivity index (χ0n) is 12.3. The predicted molar refractivity (Wildman–Crippen MR) is 81.5 cm³/mol. The lowest BCUT2D eigenvalue weighted by atomic mass is 9.94. The second-order valence-corrected chi connectivity index (χ2v) is 5.82. The second kappa shape index (κ2) is 6.20. The third-order valence-corrected chi connectivity index (χ3v) is 4.30. The number of esters is 1. The Morgan fingerprint density at radius 3 is 2.70 bits per heavy atom. The van der Waals surface area contributed by atoms with Crippen molar-refractivity contribution in [2.45, 2.75) is 12.8 Å². The molecule has 1 amide bonds. The zero-order valence-corrected chi connectivity index (χ0v) is 12.3. The monoisotopic (exact) mass is 316 g/mol. The van der Waals surface area contributed by atoms with Crippen LogP contribution in [0.1, 0.15) is 12.8 Å². The van der Waals surface area contributed by atoms with Gasteiger partial charge in [0, 0.05) is 6.07 Å². The van der Waals surface area contributed by atoms with E-state index >= 15 is 0 Å². The fourth-order valence-electron chi connectivity index (χ4n) is 3.22. The lowest BCUT2D eigenvalue weighted by molar-refractivity contribution is -0.383. The van der Waals surface area contributed by atoms with E-state index in [1.165, 1.54) is 18.2 Å². The van der Waals surface area contributed by atoms with Crippen molar-refractivity contribution in [1.29, 1.82) is 0 Å². The van der Waals surface area contributed by atoms with Crippen molar-refractivity contribution in [3.63, 3.8) is 0 Å². The van der Waals surface area contributed by atoms with Crippen LogP contribution in [0, 0.1) is 27.9 Å². The van der Waals surface area contributed by atoms with E-state index in [0.717, 1.165) is 12.8 Å². The summed E-state index contributed by atoms with van der Waals surface area (Å²) in [5, 5.41) is 13.3. The van der Waals surface area contributed by atoms with Gasteiger partial charge in [-0.05, 0) is 30.7 Å². The van der Waals surface area contributed by atoms with Crippen LogP contribution >= 0.6 is 0 Å². The van der Waals surface area contributed by atoms with Crippen LogP contribution in [-0.4, -0.2) is 23.4 Å². The van der Waals surface area contributed by atoms with Gasteiger partial charge in [-0.1, -0.05) is 24.3 Å². The molecule has 0 unspecified atom stereocenters. The van der Waals surface area contributed by atoms with Crippen molar-refractivity contribution in [1.82, 2.24) is 0 Å². The number of rotatable bonds is 5. The third kappa shape index (κ3) is 3.23. The molecule has 7 nitrogen and oxygen atoms in total. The molecule has 120 valence electrons. The molecule has 3 atom stereocenters. The van der Waals surface area contributed by atoms with Gasteiger partial charge in [0.25, 0.3) is 11.6 Å². The van der Waals surface area contributed by atoms with E-state index in [9.17, 15) is 19.7 Å². The number of benzene rings is 1. The summed E-state index contributed by atoms with van der Waals surface area (Å²) in [7, 11) is 0. The summed E-state index contributed by atoms with van der Waals surface area (Å²) < 4.78 is 5.06. The van der Waals surface area contributed by atoms with Gasteiger partial charge in [-0.25, -0.2) is 0 Å². The molecule has 0 radical (unpaired) electrons.